The van der Waals surface area contributed by atoms with Crippen LogP contribution in [-0.4, -0.2) is 28.1 Å². The number of nitrogens with zero attached hydrogens (tertiary/aromatic N) is 1. The minimum Gasteiger partial charge on any atom is -0.497 e. The molecule has 5 nitrogen and oxygen atoms in total. The van der Waals surface area contributed by atoms with Gasteiger partial charge in [-0.1, -0.05) is 18.2 Å². The van der Waals surface area contributed by atoms with Gasteiger partial charge in [-0.2, -0.15) is 0 Å². The van der Waals surface area contributed by atoms with Crippen LogP contribution in [0.5, 0.6) is 11.5 Å². The molecule has 22 heavy (non-hydrogen) atoms. The number of methoxy groups -OCH3 is 2. The van der Waals surface area contributed by atoms with Crippen molar-refractivity contribution in [3.63, 3.8) is 0 Å². The predicted molar refractivity (Wildman–Crippen MR) is 85.1 cm³/mol. The molecular weight excluding hydrogens is 282 g/mol. The van der Waals surface area contributed by atoms with E-state index in [1.807, 2.05) is 53.4 Å². The van der Waals surface area contributed by atoms with E-state index in [1.54, 1.807) is 14.2 Å². The lowest BCUT2D eigenvalue weighted by Gasteiger charge is -2.24. The maximum Gasteiger partial charge on any atom is 0.154 e. The molecule has 2 aromatic carbocycles. The van der Waals surface area contributed by atoms with Crippen molar-refractivity contribution in [2.75, 3.05) is 33.0 Å². The lowest BCUT2D eigenvalue weighted by Crippen LogP contribution is -2.25. The van der Waals surface area contributed by atoms with Crippen LogP contribution >= 0.6 is 0 Å². The molecule has 0 aliphatic rings. The molecule has 0 unspecified atom stereocenters. The molecule has 0 bridgehead atoms. The molecule has 2 rings (SSSR count). The third-order valence-electron chi connectivity index (χ3n) is 3.25. The molecule has 5 heteroatoms. The van der Waals surface area contributed by atoms with Gasteiger partial charge in [0.1, 0.15) is 11.5 Å². The third-order valence-corrected chi connectivity index (χ3v) is 3.25. The van der Waals surface area contributed by atoms with Crippen molar-refractivity contribution in [1.82, 2.24) is 0 Å². The standard InChI is InChI=1S/C17H21NO4/c1-19-16-8-4-6-14(10-16)12-18(13-22-21-3)15-7-5-9-17(11-15)20-2/h4-11H,12-13H2,1-3H3. The molecule has 0 saturated carbocycles. The van der Waals surface area contributed by atoms with Crippen molar-refractivity contribution in [2.45, 2.75) is 6.54 Å². The van der Waals surface area contributed by atoms with E-state index in [9.17, 15) is 0 Å². The van der Waals surface area contributed by atoms with Crippen molar-refractivity contribution >= 4 is 5.69 Å². The van der Waals surface area contributed by atoms with E-state index in [0.717, 1.165) is 22.7 Å². The van der Waals surface area contributed by atoms with Gasteiger partial charge in [0, 0.05) is 18.3 Å². The minimum absolute atomic E-state index is 0.306. The highest BCUT2D eigenvalue weighted by Gasteiger charge is 2.10. The Morgan fingerprint density at radius 3 is 2.23 bits per heavy atom. The Morgan fingerprint density at radius 2 is 1.55 bits per heavy atom. The van der Waals surface area contributed by atoms with Crippen LogP contribution < -0.4 is 14.4 Å². The van der Waals surface area contributed by atoms with Gasteiger partial charge < -0.3 is 14.4 Å². The largest absolute Gasteiger partial charge is 0.497 e. The summed E-state index contributed by atoms with van der Waals surface area (Å²) in [6, 6.07) is 15.7. The van der Waals surface area contributed by atoms with Crippen LogP contribution in [0.1, 0.15) is 5.56 Å². The monoisotopic (exact) mass is 303 g/mol. The molecule has 0 atom stereocenters. The first-order valence-electron chi connectivity index (χ1n) is 6.94. The average Bonchev–Trinajstić information content (AvgIpc) is 2.58. The topological polar surface area (TPSA) is 40.2 Å². The number of hydrogen-bond acceptors (Lipinski definition) is 5. The fourth-order valence-corrected chi connectivity index (χ4v) is 2.13. The highest BCUT2D eigenvalue weighted by molar-refractivity contribution is 5.51. The molecule has 118 valence electrons. The second kappa shape index (κ2) is 8.26. The SMILES string of the molecule is COOCN(Cc1cccc(OC)c1)c1cccc(OC)c1. The zero-order chi connectivity index (χ0) is 15.8. The van der Waals surface area contributed by atoms with Gasteiger partial charge >= 0.3 is 0 Å². The zero-order valence-corrected chi connectivity index (χ0v) is 13.1. The third kappa shape index (κ3) is 4.38. The van der Waals surface area contributed by atoms with Crippen LogP contribution in [0.15, 0.2) is 48.5 Å². The number of benzene rings is 2. The average molecular weight is 303 g/mol. The van der Waals surface area contributed by atoms with Crippen LogP contribution in [-0.2, 0) is 16.3 Å². The highest BCUT2D eigenvalue weighted by Crippen LogP contribution is 2.23. The molecular formula is C17H21NO4. The number of anilines is 1. The van der Waals surface area contributed by atoms with Crippen LogP contribution in [0.25, 0.3) is 0 Å². The number of ether oxygens (including phenoxy) is 2. The van der Waals surface area contributed by atoms with Crippen LogP contribution in [0.2, 0.25) is 0 Å². The Bertz CT molecular complexity index is 588. The Hall–Kier alpha value is -2.24. The zero-order valence-electron chi connectivity index (χ0n) is 13.1. The quantitative estimate of drug-likeness (QED) is 0.425. The summed E-state index contributed by atoms with van der Waals surface area (Å²) >= 11 is 0. The molecule has 0 spiro atoms. The second-order valence-corrected chi connectivity index (χ2v) is 4.66. The smallest absolute Gasteiger partial charge is 0.154 e. The Morgan fingerprint density at radius 1 is 0.864 bits per heavy atom. The summed E-state index contributed by atoms with van der Waals surface area (Å²) in [6.45, 7) is 0.967. The van der Waals surface area contributed by atoms with E-state index in [-0.39, 0.29) is 0 Å². The molecule has 0 aliphatic carbocycles. The van der Waals surface area contributed by atoms with E-state index in [0.29, 0.717) is 13.3 Å². The molecule has 0 heterocycles. The van der Waals surface area contributed by atoms with Crippen LogP contribution in [0, 0.1) is 0 Å². The fraction of sp³-hybridized carbons (Fsp3) is 0.294. The van der Waals surface area contributed by atoms with Gasteiger partial charge in [0.05, 0.1) is 21.3 Å². The molecule has 0 radical (unpaired) electrons. The van der Waals surface area contributed by atoms with Gasteiger partial charge in [-0.15, -0.1) is 0 Å². The Balaban J connectivity index is 2.20. The molecule has 0 N–H and O–H groups in total. The fourth-order valence-electron chi connectivity index (χ4n) is 2.13. The van der Waals surface area contributed by atoms with E-state index >= 15 is 0 Å². The van der Waals surface area contributed by atoms with E-state index in [2.05, 4.69) is 0 Å². The van der Waals surface area contributed by atoms with Gasteiger partial charge in [0.25, 0.3) is 0 Å². The molecule has 0 aliphatic heterocycles. The Labute approximate surface area is 130 Å². The van der Waals surface area contributed by atoms with Crippen LogP contribution in [0.3, 0.4) is 0 Å². The molecule has 0 saturated heterocycles. The van der Waals surface area contributed by atoms with E-state index in [4.69, 9.17) is 19.2 Å². The minimum atomic E-state index is 0.306. The van der Waals surface area contributed by atoms with Crippen LogP contribution in [0.4, 0.5) is 5.69 Å². The molecule has 2 aromatic rings. The van der Waals surface area contributed by atoms with E-state index in [1.165, 1.54) is 7.11 Å². The lowest BCUT2D eigenvalue weighted by molar-refractivity contribution is -0.271. The summed E-state index contributed by atoms with van der Waals surface area (Å²) in [6.07, 6.45) is 0. The second-order valence-electron chi connectivity index (χ2n) is 4.66. The first-order valence-corrected chi connectivity index (χ1v) is 6.94. The van der Waals surface area contributed by atoms with Crippen molar-refractivity contribution in [1.29, 1.82) is 0 Å². The predicted octanol–water partition coefficient (Wildman–Crippen LogP) is 3.25. The normalized spacial score (nSPS) is 10.3. The number of rotatable bonds is 8. The summed E-state index contributed by atoms with van der Waals surface area (Å²) in [5, 5.41) is 0. The van der Waals surface area contributed by atoms with Crippen molar-refractivity contribution < 1.29 is 19.2 Å². The maximum atomic E-state index is 5.28. The Kier molecular flexibility index (Phi) is 6.06. The highest BCUT2D eigenvalue weighted by atomic mass is 17.2. The summed E-state index contributed by atoms with van der Waals surface area (Å²) in [5.41, 5.74) is 2.10. The number of hydrogen-bond donors (Lipinski definition) is 0. The van der Waals surface area contributed by atoms with Gasteiger partial charge in [0.15, 0.2) is 6.73 Å². The first-order chi connectivity index (χ1) is 10.8. The first kappa shape index (κ1) is 16.1. The summed E-state index contributed by atoms with van der Waals surface area (Å²) in [7, 11) is 4.81. The summed E-state index contributed by atoms with van der Waals surface area (Å²) < 4.78 is 10.5. The van der Waals surface area contributed by atoms with Crippen molar-refractivity contribution in [3.05, 3.63) is 54.1 Å². The van der Waals surface area contributed by atoms with Crippen molar-refractivity contribution in [2.24, 2.45) is 0 Å². The van der Waals surface area contributed by atoms with Gasteiger partial charge in [-0.25, -0.2) is 9.78 Å². The van der Waals surface area contributed by atoms with Gasteiger partial charge in [-0.3, -0.25) is 0 Å². The lowest BCUT2D eigenvalue weighted by atomic mass is 10.2. The molecule has 0 aromatic heterocycles. The van der Waals surface area contributed by atoms with Crippen molar-refractivity contribution in [3.8, 4) is 11.5 Å². The summed E-state index contributed by atoms with van der Waals surface area (Å²) in [5.74, 6) is 1.63. The van der Waals surface area contributed by atoms with Gasteiger partial charge in [0.2, 0.25) is 0 Å². The molecule has 0 amide bonds. The van der Waals surface area contributed by atoms with Gasteiger partial charge in [-0.05, 0) is 29.8 Å². The summed E-state index contributed by atoms with van der Waals surface area (Å²) in [4.78, 5) is 11.9. The van der Waals surface area contributed by atoms with E-state index < -0.39 is 0 Å². The molecule has 0 fully saturated rings. The maximum absolute atomic E-state index is 5.28.